The molecule has 1 fully saturated rings. The van der Waals surface area contributed by atoms with Gasteiger partial charge in [-0.15, -0.1) is 0 Å². The van der Waals surface area contributed by atoms with Gasteiger partial charge in [0.25, 0.3) is 5.91 Å². The van der Waals surface area contributed by atoms with Crippen molar-refractivity contribution >= 4 is 11.8 Å². The van der Waals surface area contributed by atoms with E-state index < -0.39 is 6.04 Å². The molecule has 1 aliphatic rings. The standard InChI is InChI=1S/C19H25N5O2/c1-21(2)19(26)17-14-22(3)11-12-24(17)18(25)16-8-5-4-7-15(16)13-23-10-6-9-20-23/h4-10,17H,11-14H2,1-3H3. The molecular formula is C19H25N5O2. The minimum atomic E-state index is -0.464. The third-order valence-electron chi connectivity index (χ3n) is 4.71. The van der Waals surface area contributed by atoms with Crippen molar-refractivity contribution in [1.29, 1.82) is 0 Å². The van der Waals surface area contributed by atoms with Crippen LogP contribution < -0.4 is 0 Å². The summed E-state index contributed by atoms with van der Waals surface area (Å²) in [5, 5.41) is 4.23. The van der Waals surface area contributed by atoms with E-state index in [1.165, 1.54) is 0 Å². The molecule has 1 aromatic carbocycles. The van der Waals surface area contributed by atoms with E-state index in [1.54, 1.807) is 34.8 Å². The summed E-state index contributed by atoms with van der Waals surface area (Å²) in [5.41, 5.74) is 1.53. The van der Waals surface area contributed by atoms with Crippen LogP contribution in [0.3, 0.4) is 0 Å². The molecule has 1 aromatic heterocycles. The quantitative estimate of drug-likeness (QED) is 0.813. The summed E-state index contributed by atoms with van der Waals surface area (Å²) in [7, 11) is 5.43. The van der Waals surface area contributed by atoms with E-state index >= 15 is 0 Å². The predicted molar refractivity (Wildman–Crippen MR) is 98.8 cm³/mol. The molecule has 1 unspecified atom stereocenters. The second kappa shape index (κ2) is 7.70. The summed E-state index contributed by atoms with van der Waals surface area (Å²) in [5.74, 6) is -0.143. The molecule has 7 heteroatoms. The zero-order chi connectivity index (χ0) is 18.7. The highest BCUT2D eigenvalue weighted by atomic mass is 16.2. The molecule has 1 atom stereocenters. The van der Waals surface area contributed by atoms with Gasteiger partial charge in [0.15, 0.2) is 0 Å². The van der Waals surface area contributed by atoms with Gasteiger partial charge in [-0.1, -0.05) is 18.2 Å². The number of rotatable bonds is 4. The largest absolute Gasteiger partial charge is 0.347 e. The van der Waals surface area contributed by atoms with E-state index in [1.807, 2.05) is 43.6 Å². The Morgan fingerprint density at radius 2 is 1.96 bits per heavy atom. The minimum absolute atomic E-state index is 0.0468. The molecule has 0 bridgehead atoms. The van der Waals surface area contributed by atoms with Gasteiger partial charge >= 0.3 is 0 Å². The van der Waals surface area contributed by atoms with Crippen LogP contribution in [0.2, 0.25) is 0 Å². The minimum Gasteiger partial charge on any atom is -0.347 e. The lowest BCUT2D eigenvalue weighted by atomic mass is 10.0. The van der Waals surface area contributed by atoms with Crippen LogP contribution in [0.1, 0.15) is 15.9 Å². The Morgan fingerprint density at radius 3 is 2.65 bits per heavy atom. The summed E-state index contributed by atoms with van der Waals surface area (Å²) in [6, 6.07) is 8.94. The van der Waals surface area contributed by atoms with Gasteiger partial charge in [0.2, 0.25) is 5.91 Å². The maximum Gasteiger partial charge on any atom is 0.254 e. The molecule has 0 spiro atoms. The number of carbonyl (C=O) groups is 2. The number of carbonyl (C=O) groups excluding carboxylic acids is 2. The molecule has 2 aromatic rings. The fraction of sp³-hybridized carbons (Fsp3) is 0.421. The van der Waals surface area contributed by atoms with E-state index in [4.69, 9.17) is 0 Å². The molecule has 26 heavy (non-hydrogen) atoms. The van der Waals surface area contributed by atoms with Crippen LogP contribution in [0.25, 0.3) is 0 Å². The zero-order valence-corrected chi connectivity index (χ0v) is 15.5. The van der Waals surface area contributed by atoms with Gasteiger partial charge in [0.05, 0.1) is 6.54 Å². The average molecular weight is 355 g/mol. The number of amides is 2. The molecule has 0 saturated carbocycles. The van der Waals surface area contributed by atoms with Crippen LogP contribution in [0.4, 0.5) is 0 Å². The van der Waals surface area contributed by atoms with Crippen molar-refractivity contribution in [2.45, 2.75) is 12.6 Å². The summed E-state index contributed by atoms with van der Waals surface area (Å²) < 4.78 is 1.79. The van der Waals surface area contributed by atoms with Crippen molar-refractivity contribution in [3.8, 4) is 0 Å². The monoisotopic (exact) mass is 355 g/mol. The normalized spacial score (nSPS) is 18.0. The summed E-state index contributed by atoms with van der Waals surface area (Å²) in [4.78, 5) is 31.3. The van der Waals surface area contributed by atoms with Gasteiger partial charge in [0, 0.05) is 51.7 Å². The molecule has 3 rings (SSSR count). The van der Waals surface area contributed by atoms with Crippen LogP contribution >= 0.6 is 0 Å². The van der Waals surface area contributed by atoms with Crippen molar-refractivity contribution in [3.05, 3.63) is 53.9 Å². The number of nitrogens with zero attached hydrogens (tertiary/aromatic N) is 5. The third-order valence-corrected chi connectivity index (χ3v) is 4.71. The van der Waals surface area contributed by atoms with Crippen LogP contribution in [0.5, 0.6) is 0 Å². The zero-order valence-electron chi connectivity index (χ0n) is 15.5. The second-order valence-corrected chi connectivity index (χ2v) is 6.87. The Balaban J connectivity index is 1.88. The Kier molecular flexibility index (Phi) is 5.37. The Hall–Kier alpha value is -2.67. The Bertz CT molecular complexity index is 772. The number of hydrogen-bond donors (Lipinski definition) is 0. The molecule has 2 amide bonds. The van der Waals surface area contributed by atoms with Gasteiger partial charge in [-0.25, -0.2) is 0 Å². The first-order valence-corrected chi connectivity index (χ1v) is 8.73. The van der Waals surface area contributed by atoms with Crippen LogP contribution in [-0.2, 0) is 11.3 Å². The summed E-state index contributed by atoms with van der Waals surface area (Å²) in [6.07, 6.45) is 3.59. The van der Waals surface area contributed by atoms with E-state index in [-0.39, 0.29) is 11.8 Å². The maximum atomic E-state index is 13.3. The average Bonchev–Trinajstić information content (AvgIpc) is 3.14. The van der Waals surface area contributed by atoms with Gasteiger partial charge < -0.3 is 14.7 Å². The van der Waals surface area contributed by atoms with Crippen molar-refractivity contribution in [1.82, 2.24) is 24.5 Å². The first-order valence-electron chi connectivity index (χ1n) is 8.73. The number of likely N-dealkylation sites (N-methyl/N-ethyl adjacent to an activating group) is 2. The first-order chi connectivity index (χ1) is 12.5. The van der Waals surface area contributed by atoms with Crippen LogP contribution in [-0.4, -0.2) is 83.1 Å². The smallest absolute Gasteiger partial charge is 0.254 e. The van der Waals surface area contributed by atoms with Crippen molar-refractivity contribution in [3.63, 3.8) is 0 Å². The lowest BCUT2D eigenvalue weighted by Gasteiger charge is -2.40. The lowest BCUT2D eigenvalue weighted by Crippen LogP contribution is -2.59. The first kappa shape index (κ1) is 18.1. The van der Waals surface area contributed by atoms with E-state index in [0.29, 0.717) is 25.2 Å². The van der Waals surface area contributed by atoms with Crippen molar-refractivity contribution < 1.29 is 9.59 Å². The third kappa shape index (κ3) is 3.77. The van der Waals surface area contributed by atoms with Gasteiger partial charge in [-0.3, -0.25) is 14.3 Å². The van der Waals surface area contributed by atoms with Crippen LogP contribution in [0.15, 0.2) is 42.7 Å². The van der Waals surface area contributed by atoms with Crippen molar-refractivity contribution in [2.75, 3.05) is 40.8 Å². The molecule has 2 heterocycles. The fourth-order valence-electron chi connectivity index (χ4n) is 3.26. The van der Waals surface area contributed by atoms with E-state index in [9.17, 15) is 9.59 Å². The molecule has 1 saturated heterocycles. The molecule has 0 aliphatic carbocycles. The maximum absolute atomic E-state index is 13.3. The summed E-state index contributed by atoms with van der Waals surface area (Å²) in [6.45, 7) is 2.36. The lowest BCUT2D eigenvalue weighted by molar-refractivity contribution is -0.135. The second-order valence-electron chi connectivity index (χ2n) is 6.87. The molecule has 138 valence electrons. The van der Waals surface area contributed by atoms with E-state index in [2.05, 4.69) is 10.00 Å². The summed E-state index contributed by atoms with van der Waals surface area (Å²) >= 11 is 0. The highest BCUT2D eigenvalue weighted by molar-refractivity contribution is 5.99. The molecule has 1 aliphatic heterocycles. The predicted octanol–water partition coefficient (Wildman–Crippen LogP) is 0.776. The number of benzene rings is 1. The molecule has 0 N–H and O–H groups in total. The highest BCUT2D eigenvalue weighted by Crippen LogP contribution is 2.18. The van der Waals surface area contributed by atoms with Crippen LogP contribution in [0, 0.1) is 0 Å². The number of hydrogen-bond acceptors (Lipinski definition) is 4. The van der Waals surface area contributed by atoms with Gasteiger partial charge in [-0.2, -0.15) is 5.10 Å². The Morgan fingerprint density at radius 1 is 1.19 bits per heavy atom. The van der Waals surface area contributed by atoms with Gasteiger partial charge in [-0.05, 0) is 24.7 Å². The molecule has 0 radical (unpaired) electrons. The number of piperazine rings is 1. The number of aromatic nitrogens is 2. The molecule has 7 nitrogen and oxygen atoms in total. The van der Waals surface area contributed by atoms with Crippen molar-refractivity contribution in [2.24, 2.45) is 0 Å². The topological polar surface area (TPSA) is 61.7 Å². The Labute approximate surface area is 153 Å². The highest BCUT2D eigenvalue weighted by Gasteiger charge is 2.36. The van der Waals surface area contributed by atoms with E-state index in [0.717, 1.165) is 12.1 Å². The fourth-order valence-corrected chi connectivity index (χ4v) is 3.26. The SMILES string of the molecule is CN1CCN(C(=O)c2ccccc2Cn2cccn2)C(C(=O)N(C)C)C1. The van der Waals surface area contributed by atoms with Gasteiger partial charge in [0.1, 0.15) is 6.04 Å². The molecular weight excluding hydrogens is 330 g/mol.